The SMILES string of the molecule is CCCCCCC[CH2][Al]([CH2]CCCCCCC)[O]c1c(C)cc(C)cc1C(C)(C)C. The van der Waals surface area contributed by atoms with Crippen molar-refractivity contribution >= 4 is 14.5 Å². The van der Waals surface area contributed by atoms with E-state index in [4.69, 9.17) is 3.79 Å². The largest absolute Gasteiger partial charge is 0.642 e. The summed E-state index contributed by atoms with van der Waals surface area (Å²) in [5, 5.41) is 2.69. The molecule has 0 spiro atoms. The molecular weight excluding hydrogens is 379 g/mol. The minimum atomic E-state index is -1.22. The van der Waals surface area contributed by atoms with Crippen LogP contribution in [0.2, 0.25) is 10.6 Å². The summed E-state index contributed by atoms with van der Waals surface area (Å²) in [6, 6.07) is 4.68. The zero-order valence-corrected chi connectivity index (χ0v) is 22.7. The number of aryl methyl sites for hydroxylation is 2. The summed E-state index contributed by atoms with van der Waals surface area (Å²) in [7, 11) is 0. The molecule has 0 aromatic heterocycles. The fourth-order valence-corrected chi connectivity index (χ4v) is 7.06. The lowest BCUT2D eigenvalue weighted by atomic mass is 9.84. The highest BCUT2D eigenvalue weighted by atomic mass is 27.2. The molecule has 0 bridgehead atoms. The number of benzene rings is 1. The van der Waals surface area contributed by atoms with Gasteiger partial charge in [-0.15, -0.1) is 0 Å². The number of hydrogen-bond donors (Lipinski definition) is 0. The van der Waals surface area contributed by atoms with Gasteiger partial charge in [-0.3, -0.25) is 0 Å². The standard InChI is InChI=1S/C12H18O.2C8H17.Al/c1-8-6-9(2)11(13)10(7-8)12(3,4)5;2*1-3-5-7-8-6-4-2;/h6-7,13H,1-5H3;2*1,3-8H2,2H3;/q;;;+1/p-1. The first-order chi connectivity index (χ1) is 14.3. The second kappa shape index (κ2) is 15.4. The molecule has 0 aliphatic carbocycles. The van der Waals surface area contributed by atoms with Gasteiger partial charge in [0, 0.05) is 0 Å². The molecule has 1 aromatic rings. The topological polar surface area (TPSA) is 9.23 Å². The van der Waals surface area contributed by atoms with Gasteiger partial charge in [0.2, 0.25) is 0 Å². The molecule has 1 aromatic carbocycles. The van der Waals surface area contributed by atoms with E-state index < -0.39 is 14.5 Å². The van der Waals surface area contributed by atoms with Gasteiger partial charge < -0.3 is 3.79 Å². The molecule has 1 rings (SSSR count). The van der Waals surface area contributed by atoms with Gasteiger partial charge in [0.15, 0.2) is 0 Å². The van der Waals surface area contributed by atoms with Crippen LogP contribution in [-0.2, 0) is 5.41 Å². The van der Waals surface area contributed by atoms with Crippen LogP contribution in [0.5, 0.6) is 5.75 Å². The molecule has 0 fully saturated rings. The van der Waals surface area contributed by atoms with E-state index in [2.05, 4.69) is 60.6 Å². The van der Waals surface area contributed by atoms with Crippen molar-refractivity contribution in [2.24, 2.45) is 0 Å². The smallest absolute Gasteiger partial charge is 0.546 e. The van der Waals surface area contributed by atoms with Crippen molar-refractivity contribution in [1.82, 2.24) is 0 Å². The quantitative estimate of drug-likeness (QED) is 0.187. The normalized spacial score (nSPS) is 11.7. The molecule has 172 valence electrons. The molecule has 0 atom stereocenters. The predicted molar refractivity (Wildman–Crippen MR) is 137 cm³/mol. The lowest BCUT2D eigenvalue weighted by molar-refractivity contribution is 0.499. The number of rotatable bonds is 16. The van der Waals surface area contributed by atoms with Gasteiger partial charge in [-0.2, -0.15) is 0 Å². The first-order valence-electron chi connectivity index (χ1n) is 13.1. The van der Waals surface area contributed by atoms with Crippen LogP contribution in [0, 0.1) is 13.8 Å². The Balaban J connectivity index is 2.76. The minimum Gasteiger partial charge on any atom is -0.642 e. The average molecular weight is 431 g/mol. The molecule has 2 heteroatoms. The van der Waals surface area contributed by atoms with Gasteiger partial charge in [0.05, 0.1) is 5.75 Å². The Morgan fingerprint density at radius 1 is 0.700 bits per heavy atom. The predicted octanol–water partition coefficient (Wildman–Crippen LogP) is 9.69. The molecule has 0 saturated carbocycles. The monoisotopic (exact) mass is 430 g/mol. The molecule has 0 heterocycles. The van der Waals surface area contributed by atoms with Crippen LogP contribution >= 0.6 is 0 Å². The summed E-state index contributed by atoms with van der Waals surface area (Å²) in [6.07, 6.45) is 16.6. The molecule has 0 saturated heterocycles. The van der Waals surface area contributed by atoms with E-state index in [1.807, 2.05) is 0 Å². The van der Waals surface area contributed by atoms with E-state index in [-0.39, 0.29) is 5.41 Å². The lowest BCUT2D eigenvalue weighted by Crippen LogP contribution is -2.25. The van der Waals surface area contributed by atoms with E-state index in [9.17, 15) is 0 Å². The number of hydrogen-bond acceptors (Lipinski definition) is 1. The molecular formula is C28H51AlO. The summed E-state index contributed by atoms with van der Waals surface area (Å²) in [6.45, 7) is 16.0. The molecule has 0 amide bonds. The first-order valence-corrected chi connectivity index (χ1v) is 15.2. The molecule has 1 nitrogen and oxygen atoms in total. The van der Waals surface area contributed by atoms with Crippen LogP contribution in [0.4, 0.5) is 0 Å². The van der Waals surface area contributed by atoms with Crippen molar-refractivity contribution in [3.8, 4) is 5.75 Å². The van der Waals surface area contributed by atoms with E-state index in [0.29, 0.717) is 0 Å². The van der Waals surface area contributed by atoms with Crippen molar-refractivity contribution in [3.05, 3.63) is 28.8 Å². The highest BCUT2D eigenvalue weighted by Crippen LogP contribution is 2.36. The van der Waals surface area contributed by atoms with Crippen LogP contribution in [0.15, 0.2) is 12.1 Å². The highest BCUT2D eigenvalue weighted by Gasteiger charge is 2.27. The Morgan fingerprint density at radius 3 is 1.63 bits per heavy atom. The van der Waals surface area contributed by atoms with Crippen LogP contribution in [0.3, 0.4) is 0 Å². The fraction of sp³-hybridized carbons (Fsp3) is 0.786. The molecule has 0 radical (unpaired) electrons. The van der Waals surface area contributed by atoms with Crippen molar-refractivity contribution in [1.29, 1.82) is 0 Å². The zero-order chi connectivity index (χ0) is 22.4. The Hall–Kier alpha value is -0.448. The number of unbranched alkanes of at least 4 members (excludes halogenated alkanes) is 10. The van der Waals surface area contributed by atoms with Crippen molar-refractivity contribution < 1.29 is 3.79 Å². The maximum atomic E-state index is 6.95. The Morgan fingerprint density at radius 2 is 1.17 bits per heavy atom. The van der Waals surface area contributed by atoms with E-state index in [1.54, 1.807) is 0 Å². The van der Waals surface area contributed by atoms with Gasteiger partial charge in [0.1, 0.15) is 0 Å². The van der Waals surface area contributed by atoms with E-state index in [1.165, 1.54) is 110 Å². The zero-order valence-electron chi connectivity index (χ0n) is 21.5. The maximum Gasteiger partial charge on any atom is 0.546 e. The third kappa shape index (κ3) is 11.3. The van der Waals surface area contributed by atoms with E-state index in [0.717, 1.165) is 0 Å². The third-order valence-electron chi connectivity index (χ3n) is 6.27. The molecule has 30 heavy (non-hydrogen) atoms. The first kappa shape index (κ1) is 27.6. The van der Waals surface area contributed by atoms with Gasteiger partial charge in [0.25, 0.3) is 0 Å². The Kier molecular flexibility index (Phi) is 14.1. The Labute approximate surface area is 194 Å². The maximum absolute atomic E-state index is 6.95. The summed E-state index contributed by atoms with van der Waals surface area (Å²) >= 11 is -1.22. The van der Waals surface area contributed by atoms with Gasteiger partial charge in [-0.25, -0.2) is 0 Å². The van der Waals surface area contributed by atoms with Gasteiger partial charge in [-0.1, -0.05) is 140 Å². The van der Waals surface area contributed by atoms with Crippen LogP contribution in [0.1, 0.15) is 128 Å². The van der Waals surface area contributed by atoms with Crippen molar-refractivity contribution in [3.63, 3.8) is 0 Å². The molecule has 0 aliphatic heterocycles. The lowest BCUT2D eigenvalue weighted by Gasteiger charge is -2.28. The molecule has 0 aliphatic rings. The third-order valence-corrected chi connectivity index (χ3v) is 8.94. The second-order valence-corrected chi connectivity index (χ2v) is 13.2. The molecule has 0 unspecified atom stereocenters. The van der Waals surface area contributed by atoms with Crippen molar-refractivity contribution in [2.75, 3.05) is 0 Å². The van der Waals surface area contributed by atoms with Gasteiger partial charge >= 0.3 is 14.5 Å². The fourth-order valence-electron chi connectivity index (χ4n) is 4.40. The minimum absolute atomic E-state index is 0.130. The average Bonchev–Trinajstić information content (AvgIpc) is 2.67. The Bertz CT molecular complexity index is 557. The van der Waals surface area contributed by atoms with Crippen LogP contribution < -0.4 is 3.79 Å². The molecule has 0 N–H and O–H groups in total. The summed E-state index contributed by atoms with van der Waals surface area (Å²) in [5.41, 5.74) is 4.23. The van der Waals surface area contributed by atoms with E-state index >= 15 is 0 Å². The summed E-state index contributed by atoms with van der Waals surface area (Å²) in [4.78, 5) is 0. The van der Waals surface area contributed by atoms with Gasteiger partial charge in [-0.05, 0) is 30.4 Å². The van der Waals surface area contributed by atoms with Crippen molar-refractivity contribution in [2.45, 2.75) is 141 Å². The second-order valence-electron chi connectivity index (χ2n) is 10.6. The summed E-state index contributed by atoms with van der Waals surface area (Å²) in [5.74, 6) is 1.22. The van der Waals surface area contributed by atoms with Crippen LogP contribution in [0.25, 0.3) is 0 Å². The van der Waals surface area contributed by atoms with Crippen LogP contribution in [-0.4, -0.2) is 14.5 Å². The highest BCUT2D eigenvalue weighted by molar-refractivity contribution is 6.52. The summed E-state index contributed by atoms with van der Waals surface area (Å²) < 4.78 is 6.95.